The van der Waals surface area contributed by atoms with Gasteiger partial charge in [-0.25, -0.2) is 13.2 Å². The van der Waals surface area contributed by atoms with E-state index in [2.05, 4.69) is 5.32 Å². The van der Waals surface area contributed by atoms with Gasteiger partial charge in [-0.2, -0.15) is 4.31 Å². The maximum Gasteiger partial charge on any atom is 0.338 e. The summed E-state index contributed by atoms with van der Waals surface area (Å²) < 4.78 is 37.5. The number of anilines is 1. The minimum Gasteiger partial charge on any atom is -0.495 e. The number of ether oxygens (including phenoxy) is 2. The maximum absolute atomic E-state index is 13.0. The van der Waals surface area contributed by atoms with E-state index in [0.29, 0.717) is 29.5 Å². The predicted octanol–water partition coefficient (Wildman–Crippen LogP) is 3.81. The van der Waals surface area contributed by atoms with E-state index in [0.717, 1.165) is 6.42 Å². The van der Waals surface area contributed by atoms with Gasteiger partial charge in [0, 0.05) is 18.8 Å². The van der Waals surface area contributed by atoms with Gasteiger partial charge in [0.1, 0.15) is 5.75 Å². The monoisotopic (exact) mass is 494 g/mol. The molecule has 1 fully saturated rings. The molecule has 178 valence electrons. The number of amides is 1. The average molecular weight is 495 g/mol. The molecule has 0 radical (unpaired) electrons. The summed E-state index contributed by atoms with van der Waals surface area (Å²) in [7, 11) is -2.16. The van der Waals surface area contributed by atoms with Gasteiger partial charge in [-0.15, -0.1) is 0 Å². The smallest absolute Gasteiger partial charge is 0.338 e. The Kier molecular flexibility index (Phi) is 7.99. The van der Waals surface area contributed by atoms with Crippen LogP contribution in [0.15, 0.2) is 47.4 Å². The van der Waals surface area contributed by atoms with E-state index >= 15 is 0 Å². The average Bonchev–Trinajstić information content (AvgIpc) is 2.77. The van der Waals surface area contributed by atoms with Gasteiger partial charge in [0.05, 0.1) is 22.6 Å². The van der Waals surface area contributed by atoms with E-state index in [-0.39, 0.29) is 22.3 Å². The molecule has 0 saturated carbocycles. The number of hydrogen-bond donors (Lipinski definition) is 1. The lowest BCUT2D eigenvalue weighted by molar-refractivity contribution is -0.119. The molecule has 1 N–H and O–H groups in total. The Morgan fingerprint density at radius 2 is 1.73 bits per heavy atom. The molecule has 0 spiro atoms. The van der Waals surface area contributed by atoms with Crippen LogP contribution in [0.3, 0.4) is 0 Å². The number of methoxy groups -OCH3 is 1. The summed E-state index contributed by atoms with van der Waals surface area (Å²) in [5, 5.41) is 2.90. The Balaban J connectivity index is 1.57. The highest BCUT2D eigenvalue weighted by molar-refractivity contribution is 7.89. The zero-order valence-electron chi connectivity index (χ0n) is 18.7. The normalized spacial score (nSPS) is 19.0. The van der Waals surface area contributed by atoms with Crippen molar-refractivity contribution in [2.45, 2.75) is 25.2 Å². The third-order valence-electron chi connectivity index (χ3n) is 5.33. The number of esters is 1. The lowest BCUT2D eigenvalue weighted by Gasteiger charge is -2.34. The number of piperidine rings is 1. The number of carbonyl (C=O) groups excluding carboxylic acids is 2. The second kappa shape index (κ2) is 10.5. The van der Waals surface area contributed by atoms with E-state index in [1.807, 2.05) is 13.8 Å². The van der Waals surface area contributed by atoms with Gasteiger partial charge in [-0.3, -0.25) is 4.79 Å². The van der Waals surface area contributed by atoms with Crippen molar-refractivity contribution in [1.82, 2.24) is 4.31 Å². The lowest BCUT2D eigenvalue weighted by Crippen LogP contribution is -2.42. The predicted molar refractivity (Wildman–Crippen MR) is 125 cm³/mol. The zero-order chi connectivity index (χ0) is 24.2. The Hall–Kier alpha value is -2.62. The molecule has 1 amide bonds. The van der Waals surface area contributed by atoms with Crippen LogP contribution in [0.4, 0.5) is 5.69 Å². The highest BCUT2D eigenvalue weighted by Crippen LogP contribution is 2.28. The molecule has 0 unspecified atom stereocenters. The number of hydrogen-bond acceptors (Lipinski definition) is 6. The molecule has 2 aromatic rings. The molecular formula is C23H27ClN2O6S. The first kappa shape index (κ1) is 25.0. The third kappa shape index (κ3) is 6.25. The van der Waals surface area contributed by atoms with E-state index in [9.17, 15) is 18.0 Å². The fraction of sp³-hybridized carbons (Fsp3) is 0.391. The molecule has 1 saturated heterocycles. The fourth-order valence-electron chi connectivity index (χ4n) is 3.87. The molecule has 3 rings (SSSR count). The quantitative estimate of drug-likeness (QED) is 0.587. The van der Waals surface area contributed by atoms with Gasteiger partial charge in [-0.1, -0.05) is 25.4 Å². The van der Waals surface area contributed by atoms with Crippen LogP contribution >= 0.6 is 11.6 Å². The van der Waals surface area contributed by atoms with Crippen LogP contribution in [0.1, 0.15) is 30.6 Å². The van der Waals surface area contributed by atoms with Gasteiger partial charge in [0.15, 0.2) is 6.61 Å². The molecule has 2 atom stereocenters. The van der Waals surface area contributed by atoms with E-state index < -0.39 is 28.5 Å². The van der Waals surface area contributed by atoms with Crippen LogP contribution in [-0.2, 0) is 19.6 Å². The summed E-state index contributed by atoms with van der Waals surface area (Å²) >= 11 is 6.02. The second-order valence-corrected chi connectivity index (χ2v) is 10.6. The topological polar surface area (TPSA) is 102 Å². The molecule has 0 aliphatic carbocycles. The molecule has 10 heteroatoms. The molecule has 0 aromatic heterocycles. The van der Waals surface area contributed by atoms with Crippen molar-refractivity contribution in [2.75, 3.05) is 32.1 Å². The number of rotatable bonds is 7. The van der Waals surface area contributed by atoms with Gasteiger partial charge < -0.3 is 14.8 Å². The van der Waals surface area contributed by atoms with Crippen LogP contribution in [0.25, 0.3) is 0 Å². The van der Waals surface area contributed by atoms with E-state index in [1.165, 1.54) is 41.7 Å². The molecule has 2 aromatic carbocycles. The van der Waals surface area contributed by atoms with Gasteiger partial charge >= 0.3 is 5.97 Å². The van der Waals surface area contributed by atoms with Crippen LogP contribution in [0.5, 0.6) is 5.75 Å². The van der Waals surface area contributed by atoms with Crippen LogP contribution < -0.4 is 10.1 Å². The summed E-state index contributed by atoms with van der Waals surface area (Å²) in [5.41, 5.74) is 0.576. The summed E-state index contributed by atoms with van der Waals surface area (Å²) in [6.45, 7) is 4.52. The Labute approximate surface area is 198 Å². The number of nitrogens with one attached hydrogen (secondary N) is 1. The number of benzene rings is 2. The number of carbonyl (C=O) groups is 2. The third-order valence-corrected chi connectivity index (χ3v) is 7.47. The Morgan fingerprint density at radius 3 is 2.30 bits per heavy atom. The van der Waals surface area contributed by atoms with Crippen LogP contribution in [0, 0.1) is 11.8 Å². The lowest BCUT2D eigenvalue weighted by atomic mass is 9.94. The van der Waals surface area contributed by atoms with E-state index in [1.54, 1.807) is 12.1 Å². The van der Waals surface area contributed by atoms with Crippen LogP contribution in [0.2, 0.25) is 5.02 Å². The standard InChI is InChI=1S/C23H27ClN2O6S/c1-15-10-16(2)13-26(12-15)33(29,30)19-7-4-17(5-8-19)23(28)32-14-22(27)25-18-6-9-21(31-3)20(24)11-18/h4-9,11,15-16H,10,12-14H2,1-3H3,(H,25,27)/t15-,16-/m1/s1. The number of sulfonamides is 1. The van der Waals surface area contributed by atoms with Crippen molar-refractivity contribution in [1.29, 1.82) is 0 Å². The van der Waals surface area contributed by atoms with Gasteiger partial charge in [0.2, 0.25) is 10.0 Å². The first-order valence-electron chi connectivity index (χ1n) is 10.5. The summed E-state index contributed by atoms with van der Waals surface area (Å²) in [6, 6.07) is 10.3. The second-order valence-electron chi connectivity index (χ2n) is 8.27. The van der Waals surface area contributed by atoms with Crippen LogP contribution in [-0.4, -0.2) is 51.4 Å². The highest BCUT2D eigenvalue weighted by Gasteiger charge is 2.31. The molecule has 1 heterocycles. The number of halogens is 1. The SMILES string of the molecule is COc1ccc(NC(=O)COC(=O)c2ccc(S(=O)(=O)N3C[C@H](C)C[C@@H](C)C3)cc2)cc1Cl. The first-order chi connectivity index (χ1) is 15.6. The minimum atomic E-state index is -3.64. The summed E-state index contributed by atoms with van der Waals surface area (Å²) in [5.74, 6) is -0.231. The molecular weight excluding hydrogens is 468 g/mol. The van der Waals surface area contributed by atoms with Crippen molar-refractivity contribution in [3.05, 3.63) is 53.1 Å². The van der Waals surface area contributed by atoms with Crippen molar-refractivity contribution < 1.29 is 27.5 Å². The van der Waals surface area contributed by atoms with Crippen molar-refractivity contribution in [2.24, 2.45) is 11.8 Å². The largest absolute Gasteiger partial charge is 0.495 e. The van der Waals surface area contributed by atoms with Gasteiger partial charge in [0.25, 0.3) is 5.91 Å². The Morgan fingerprint density at radius 1 is 1.09 bits per heavy atom. The zero-order valence-corrected chi connectivity index (χ0v) is 20.3. The van der Waals surface area contributed by atoms with Crippen molar-refractivity contribution in [3.8, 4) is 5.75 Å². The first-order valence-corrected chi connectivity index (χ1v) is 12.3. The van der Waals surface area contributed by atoms with Gasteiger partial charge in [-0.05, 0) is 60.7 Å². The fourth-order valence-corrected chi connectivity index (χ4v) is 5.81. The number of nitrogens with zero attached hydrogens (tertiary/aromatic N) is 1. The summed E-state index contributed by atoms with van der Waals surface area (Å²) in [6.07, 6.45) is 0.996. The molecule has 1 aliphatic heterocycles. The van der Waals surface area contributed by atoms with Crippen molar-refractivity contribution >= 4 is 39.2 Å². The molecule has 0 bridgehead atoms. The summed E-state index contributed by atoms with van der Waals surface area (Å²) in [4.78, 5) is 24.5. The highest BCUT2D eigenvalue weighted by atomic mass is 35.5. The minimum absolute atomic E-state index is 0.120. The van der Waals surface area contributed by atoms with E-state index in [4.69, 9.17) is 21.1 Å². The Bertz CT molecular complexity index is 1110. The molecule has 1 aliphatic rings. The maximum atomic E-state index is 13.0. The molecule has 8 nitrogen and oxygen atoms in total. The van der Waals surface area contributed by atoms with Crippen molar-refractivity contribution in [3.63, 3.8) is 0 Å². The molecule has 33 heavy (non-hydrogen) atoms.